The van der Waals surface area contributed by atoms with Crippen molar-refractivity contribution in [3.63, 3.8) is 0 Å². The second-order valence-corrected chi connectivity index (χ2v) is 7.30. The summed E-state index contributed by atoms with van der Waals surface area (Å²) in [7, 11) is 0. The van der Waals surface area contributed by atoms with Crippen LogP contribution in [0, 0.1) is 13.8 Å². The first-order valence-corrected chi connectivity index (χ1v) is 9.76. The Morgan fingerprint density at radius 1 is 0.793 bits per heavy atom. The van der Waals surface area contributed by atoms with Crippen molar-refractivity contribution in [3.05, 3.63) is 95.6 Å². The molecule has 0 N–H and O–H groups in total. The Kier molecular flexibility index (Phi) is 4.28. The van der Waals surface area contributed by atoms with Gasteiger partial charge >= 0.3 is 0 Å². The Balaban J connectivity index is 1.60. The molecule has 2 aromatic heterocycles. The molecule has 0 aliphatic carbocycles. The van der Waals surface area contributed by atoms with Gasteiger partial charge in [0, 0.05) is 16.3 Å². The summed E-state index contributed by atoms with van der Waals surface area (Å²) < 4.78 is 12.3. The van der Waals surface area contributed by atoms with Gasteiger partial charge in [0.2, 0.25) is 0 Å². The predicted octanol–water partition coefficient (Wildman–Crippen LogP) is 6.84. The van der Waals surface area contributed by atoms with Gasteiger partial charge in [0.05, 0.1) is 0 Å². The maximum Gasteiger partial charge on any atom is 0.156 e. The number of pyridine rings is 1. The molecule has 0 amide bonds. The number of ether oxygens (including phenoxy) is 1. The number of hydrogen-bond donors (Lipinski definition) is 0. The molecular weight excluding hydrogens is 358 g/mol. The SMILES string of the molecule is Cc1c(-c2ccc3c(C)ccc(OCc4ccccc4)c3n2)oc2ccccc12. The molecule has 3 heteroatoms. The van der Waals surface area contributed by atoms with Gasteiger partial charge in [-0.3, -0.25) is 0 Å². The van der Waals surface area contributed by atoms with Crippen LogP contribution in [-0.4, -0.2) is 4.98 Å². The molecule has 5 rings (SSSR count). The summed E-state index contributed by atoms with van der Waals surface area (Å²) in [5, 5.41) is 2.21. The van der Waals surface area contributed by atoms with Gasteiger partial charge in [-0.25, -0.2) is 4.98 Å². The molecule has 5 aromatic rings. The van der Waals surface area contributed by atoms with Gasteiger partial charge in [-0.2, -0.15) is 0 Å². The number of rotatable bonds is 4. The minimum Gasteiger partial charge on any atom is -0.487 e. The van der Waals surface area contributed by atoms with Crippen molar-refractivity contribution in [2.45, 2.75) is 20.5 Å². The lowest BCUT2D eigenvalue weighted by molar-refractivity contribution is 0.309. The predicted molar refractivity (Wildman–Crippen MR) is 117 cm³/mol. The quantitative estimate of drug-likeness (QED) is 0.343. The van der Waals surface area contributed by atoms with E-state index in [0.717, 1.165) is 50.2 Å². The third-order valence-corrected chi connectivity index (χ3v) is 5.35. The minimum atomic E-state index is 0.509. The molecule has 0 saturated heterocycles. The number of nitrogens with zero attached hydrogens (tertiary/aromatic N) is 1. The lowest BCUT2D eigenvalue weighted by Gasteiger charge is -2.11. The summed E-state index contributed by atoms with van der Waals surface area (Å²) >= 11 is 0. The van der Waals surface area contributed by atoms with Gasteiger partial charge in [-0.05, 0) is 43.2 Å². The Morgan fingerprint density at radius 3 is 2.41 bits per heavy atom. The Labute approximate surface area is 169 Å². The molecule has 0 bridgehead atoms. The molecular formula is C26H21NO2. The zero-order chi connectivity index (χ0) is 19.8. The fourth-order valence-corrected chi connectivity index (χ4v) is 3.73. The fraction of sp³-hybridized carbons (Fsp3) is 0.115. The first kappa shape index (κ1) is 17.5. The number of aryl methyl sites for hydroxylation is 2. The van der Waals surface area contributed by atoms with Crippen molar-refractivity contribution in [1.29, 1.82) is 0 Å². The zero-order valence-corrected chi connectivity index (χ0v) is 16.5. The molecule has 0 aliphatic rings. The van der Waals surface area contributed by atoms with Crippen LogP contribution >= 0.6 is 0 Å². The Bertz CT molecular complexity index is 1320. The topological polar surface area (TPSA) is 35.3 Å². The normalized spacial score (nSPS) is 11.2. The second-order valence-electron chi connectivity index (χ2n) is 7.30. The maximum atomic E-state index is 6.15. The number of aromatic nitrogens is 1. The van der Waals surface area contributed by atoms with Crippen LogP contribution in [0.25, 0.3) is 33.3 Å². The summed E-state index contributed by atoms with van der Waals surface area (Å²) in [5.74, 6) is 1.59. The van der Waals surface area contributed by atoms with E-state index in [1.807, 2.05) is 48.5 Å². The van der Waals surface area contributed by atoms with Crippen molar-refractivity contribution in [2.24, 2.45) is 0 Å². The zero-order valence-electron chi connectivity index (χ0n) is 16.5. The van der Waals surface area contributed by atoms with Crippen molar-refractivity contribution in [2.75, 3.05) is 0 Å². The third-order valence-electron chi connectivity index (χ3n) is 5.35. The highest BCUT2D eigenvalue weighted by molar-refractivity contribution is 5.91. The largest absolute Gasteiger partial charge is 0.487 e. The molecule has 29 heavy (non-hydrogen) atoms. The van der Waals surface area contributed by atoms with Crippen LogP contribution in [0.15, 0.2) is 83.3 Å². The first-order valence-electron chi connectivity index (χ1n) is 9.76. The summed E-state index contributed by atoms with van der Waals surface area (Å²) in [4.78, 5) is 4.96. The average molecular weight is 379 g/mol. The molecule has 0 saturated carbocycles. The van der Waals surface area contributed by atoms with E-state index in [9.17, 15) is 0 Å². The average Bonchev–Trinajstić information content (AvgIpc) is 3.11. The molecule has 2 heterocycles. The monoisotopic (exact) mass is 379 g/mol. The number of fused-ring (bicyclic) bond motifs is 2. The standard InChI is InChI=1S/C26H21NO2/c1-17-12-15-24(28-16-19-8-4-3-5-9-19)25-20(17)13-14-22(27-25)26-18(2)21-10-6-7-11-23(21)29-26/h3-15H,16H2,1-2H3. The van der Waals surface area contributed by atoms with Crippen LogP contribution in [0.2, 0.25) is 0 Å². The molecule has 3 aromatic carbocycles. The Morgan fingerprint density at radius 2 is 1.59 bits per heavy atom. The van der Waals surface area contributed by atoms with Crippen molar-refractivity contribution in [1.82, 2.24) is 4.98 Å². The second kappa shape index (κ2) is 7.10. The van der Waals surface area contributed by atoms with Crippen molar-refractivity contribution in [3.8, 4) is 17.2 Å². The molecule has 0 spiro atoms. The van der Waals surface area contributed by atoms with E-state index in [-0.39, 0.29) is 0 Å². The number of benzene rings is 3. The van der Waals surface area contributed by atoms with Gasteiger partial charge in [-0.1, -0.05) is 60.7 Å². The summed E-state index contributed by atoms with van der Waals surface area (Å²) in [6, 6.07) is 26.5. The van der Waals surface area contributed by atoms with Crippen molar-refractivity contribution >= 4 is 21.9 Å². The van der Waals surface area contributed by atoms with E-state index in [1.54, 1.807) is 0 Å². The third kappa shape index (κ3) is 3.15. The summed E-state index contributed by atoms with van der Waals surface area (Å²) in [6.07, 6.45) is 0. The number of para-hydroxylation sites is 1. The Hall–Kier alpha value is -3.59. The fourth-order valence-electron chi connectivity index (χ4n) is 3.73. The van der Waals surface area contributed by atoms with Crippen LogP contribution in [0.3, 0.4) is 0 Å². The lowest BCUT2D eigenvalue weighted by Crippen LogP contribution is -1.98. The molecule has 0 radical (unpaired) electrons. The lowest BCUT2D eigenvalue weighted by atomic mass is 10.1. The van der Waals surface area contributed by atoms with E-state index in [2.05, 4.69) is 44.2 Å². The molecule has 142 valence electrons. The van der Waals surface area contributed by atoms with Gasteiger partial charge in [-0.15, -0.1) is 0 Å². The van der Waals surface area contributed by atoms with E-state index in [0.29, 0.717) is 6.61 Å². The highest BCUT2D eigenvalue weighted by atomic mass is 16.5. The van der Waals surface area contributed by atoms with Gasteiger partial charge in [0.1, 0.15) is 29.2 Å². The highest BCUT2D eigenvalue weighted by Gasteiger charge is 2.15. The number of furan rings is 1. The smallest absolute Gasteiger partial charge is 0.156 e. The molecule has 0 unspecified atom stereocenters. The minimum absolute atomic E-state index is 0.509. The summed E-state index contributed by atoms with van der Waals surface area (Å²) in [5.41, 5.74) is 5.97. The van der Waals surface area contributed by atoms with Crippen LogP contribution in [0.1, 0.15) is 16.7 Å². The maximum absolute atomic E-state index is 6.15. The van der Waals surface area contributed by atoms with E-state index >= 15 is 0 Å². The molecule has 0 atom stereocenters. The van der Waals surface area contributed by atoms with Crippen LogP contribution in [0.4, 0.5) is 0 Å². The van der Waals surface area contributed by atoms with Gasteiger partial charge in [0.25, 0.3) is 0 Å². The van der Waals surface area contributed by atoms with Crippen LogP contribution in [0.5, 0.6) is 5.75 Å². The molecule has 3 nitrogen and oxygen atoms in total. The van der Waals surface area contributed by atoms with Crippen LogP contribution in [-0.2, 0) is 6.61 Å². The van der Waals surface area contributed by atoms with E-state index in [1.165, 1.54) is 5.56 Å². The van der Waals surface area contributed by atoms with Gasteiger partial charge in [0.15, 0.2) is 5.76 Å². The van der Waals surface area contributed by atoms with Crippen LogP contribution < -0.4 is 4.74 Å². The molecule has 0 aliphatic heterocycles. The highest BCUT2D eigenvalue weighted by Crippen LogP contribution is 2.35. The molecule has 0 fully saturated rings. The first-order chi connectivity index (χ1) is 14.2. The number of hydrogen-bond acceptors (Lipinski definition) is 3. The van der Waals surface area contributed by atoms with Crippen molar-refractivity contribution < 1.29 is 9.15 Å². The van der Waals surface area contributed by atoms with E-state index in [4.69, 9.17) is 14.1 Å². The van der Waals surface area contributed by atoms with E-state index < -0.39 is 0 Å². The van der Waals surface area contributed by atoms with Gasteiger partial charge < -0.3 is 9.15 Å². The summed E-state index contributed by atoms with van der Waals surface area (Å²) in [6.45, 7) is 4.68.